The van der Waals surface area contributed by atoms with Gasteiger partial charge in [0.15, 0.2) is 34.5 Å². The highest BCUT2D eigenvalue weighted by Gasteiger charge is 2.35. The first-order chi connectivity index (χ1) is 24.8. The average molecular weight is 713 g/mol. The van der Waals surface area contributed by atoms with E-state index in [9.17, 15) is 4.79 Å². The van der Waals surface area contributed by atoms with E-state index in [1.807, 2.05) is 30.3 Å². The molecule has 2 atom stereocenters. The Kier molecular flexibility index (Phi) is 10.3. The number of halogens is 1. The smallest absolute Gasteiger partial charge is 0.311 e. The summed E-state index contributed by atoms with van der Waals surface area (Å²) in [6.45, 7) is 1.73. The number of alkyl halides is 1. The molecule has 0 radical (unpaired) electrons. The molecule has 4 aliphatic rings. The van der Waals surface area contributed by atoms with Crippen molar-refractivity contribution in [2.24, 2.45) is 0 Å². The number of ether oxygens (including phenoxy) is 6. The average Bonchev–Trinajstić information content (AvgIpc) is 3.14. The van der Waals surface area contributed by atoms with Crippen molar-refractivity contribution in [1.29, 1.82) is 0 Å². The van der Waals surface area contributed by atoms with Crippen LogP contribution in [0.15, 0.2) is 60.7 Å². The molecular formula is C41H45ClN2O7. The molecule has 4 aromatic rings. The number of rotatable bonds is 7. The number of likely N-dealkylation sites (N-methyl/N-ethyl adjacent to an activating group) is 2. The normalized spacial score (nSPS) is 18.4. The first kappa shape index (κ1) is 35.0. The molecule has 0 N–H and O–H groups in total. The largest absolute Gasteiger partial charge is 0.493 e. The van der Waals surface area contributed by atoms with Crippen molar-refractivity contribution < 1.29 is 33.2 Å². The Morgan fingerprint density at radius 2 is 1.41 bits per heavy atom. The highest BCUT2D eigenvalue weighted by Crippen LogP contribution is 2.52. The summed E-state index contributed by atoms with van der Waals surface area (Å²) in [6.07, 6.45) is 3.72. The third-order valence-corrected chi connectivity index (χ3v) is 10.6. The van der Waals surface area contributed by atoms with Gasteiger partial charge in [0.05, 0.1) is 21.3 Å². The summed E-state index contributed by atoms with van der Waals surface area (Å²) in [5.74, 6) is 4.27. The zero-order valence-corrected chi connectivity index (χ0v) is 30.7. The minimum Gasteiger partial charge on any atom is -0.493 e. The van der Waals surface area contributed by atoms with E-state index in [1.54, 1.807) is 21.3 Å². The van der Waals surface area contributed by atoms with E-state index in [4.69, 9.17) is 40.0 Å². The summed E-state index contributed by atoms with van der Waals surface area (Å²) in [4.78, 5) is 18.0. The van der Waals surface area contributed by atoms with Crippen LogP contribution in [0.5, 0.6) is 46.0 Å². The van der Waals surface area contributed by atoms with Crippen LogP contribution in [0.1, 0.15) is 58.3 Å². The molecule has 9 nitrogen and oxygen atoms in total. The molecule has 0 saturated carbocycles. The lowest BCUT2D eigenvalue weighted by atomic mass is 9.87. The predicted molar refractivity (Wildman–Crippen MR) is 197 cm³/mol. The van der Waals surface area contributed by atoms with Gasteiger partial charge in [0, 0.05) is 43.0 Å². The molecule has 6 bridgehead atoms. The molecule has 0 amide bonds. The van der Waals surface area contributed by atoms with Gasteiger partial charge >= 0.3 is 5.97 Å². The van der Waals surface area contributed by atoms with Crippen LogP contribution in [-0.4, -0.2) is 70.2 Å². The fourth-order valence-electron chi connectivity index (χ4n) is 7.55. The Hall–Kier alpha value is -4.44. The van der Waals surface area contributed by atoms with Crippen LogP contribution in [0.3, 0.4) is 0 Å². The van der Waals surface area contributed by atoms with Crippen molar-refractivity contribution in [1.82, 2.24) is 9.80 Å². The van der Waals surface area contributed by atoms with Gasteiger partial charge in [-0.2, -0.15) is 0 Å². The zero-order chi connectivity index (χ0) is 35.6. The molecule has 8 rings (SSSR count). The lowest BCUT2D eigenvalue weighted by Gasteiger charge is -2.37. The number of methoxy groups -OCH3 is 3. The lowest BCUT2D eigenvalue weighted by Crippen LogP contribution is -2.34. The number of esters is 1. The van der Waals surface area contributed by atoms with Crippen LogP contribution in [0.2, 0.25) is 0 Å². The summed E-state index contributed by atoms with van der Waals surface area (Å²) in [5.41, 5.74) is 6.64. The quantitative estimate of drug-likeness (QED) is 0.107. The van der Waals surface area contributed by atoms with E-state index in [2.05, 4.69) is 54.2 Å². The topological polar surface area (TPSA) is 78.9 Å². The summed E-state index contributed by atoms with van der Waals surface area (Å²) >= 11 is 5.96. The first-order valence-corrected chi connectivity index (χ1v) is 18.1. The van der Waals surface area contributed by atoms with Crippen molar-refractivity contribution >= 4 is 17.6 Å². The van der Waals surface area contributed by atoms with Gasteiger partial charge in [0.1, 0.15) is 5.75 Å². The van der Waals surface area contributed by atoms with Gasteiger partial charge < -0.3 is 28.4 Å². The van der Waals surface area contributed by atoms with Crippen LogP contribution in [0.4, 0.5) is 0 Å². The molecular weight excluding hydrogens is 668 g/mol. The molecule has 0 spiro atoms. The van der Waals surface area contributed by atoms with Gasteiger partial charge in [-0.3, -0.25) is 14.6 Å². The molecule has 4 heterocycles. The van der Waals surface area contributed by atoms with Gasteiger partial charge in [-0.1, -0.05) is 18.2 Å². The van der Waals surface area contributed by atoms with E-state index in [-0.39, 0.29) is 24.3 Å². The molecule has 0 unspecified atom stereocenters. The Labute approximate surface area is 304 Å². The second kappa shape index (κ2) is 15.0. The second-order valence-electron chi connectivity index (χ2n) is 13.5. The standard InChI is InChI=1S/C41H45ClN2O7/c1-43-17-14-27-22-34(47-4)36-24-30(27)31(43)19-25-8-11-29(12-9-25)49-35-21-26(10-13-33(35)46-3)20-32-39-28(15-18-44(32)2)23-37(48-5)40(41(39)50-36)51-38(45)7-6-16-42/h8-13,21-24,31-32H,6-7,14-20H2,1-5H3/t31-,32-/m0/s1. The fourth-order valence-corrected chi connectivity index (χ4v) is 7.69. The Morgan fingerprint density at radius 3 is 2.14 bits per heavy atom. The number of fused-ring (bicyclic) bond motifs is 2. The van der Waals surface area contributed by atoms with Gasteiger partial charge in [-0.15, -0.1) is 11.6 Å². The molecule has 268 valence electrons. The Balaban J connectivity index is 1.47. The highest BCUT2D eigenvalue weighted by molar-refractivity contribution is 6.17. The van der Waals surface area contributed by atoms with E-state index in [0.717, 1.165) is 54.8 Å². The third kappa shape index (κ3) is 7.07. The van der Waals surface area contributed by atoms with Crippen LogP contribution >= 0.6 is 11.6 Å². The summed E-state index contributed by atoms with van der Waals surface area (Å²) in [7, 11) is 9.18. The lowest BCUT2D eigenvalue weighted by molar-refractivity contribution is -0.134. The van der Waals surface area contributed by atoms with Gasteiger partial charge in [0.25, 0.3) is 0 Å². The molecule has 51 heavy (non-hydrogen) atoms. The summed E-state index contributed by atoms with van der Waals surface area (Å²) < 4.78 is 37.3. The minimum absolute atomic E-state index is 0.0930. The molecule has 4 aliphatic heterocycles. The number of carbonyl (C=O) groups is 1. The first-order valence-electron chi connectivity index (χ1n) is 17.5. The Morgan fingerprint density at radius 1 is 0.765 bits per heavy atom. The van der Waals surface area contributed by atoms with Crippen molar-refractivity contribution in [3.8, 4) is 46.0 Å². The van der Waals surface area contributed by atoms with Crippen LogP contribution in [0, 0.1) is 0 Å². The number of carbonyl (C=O) groups excluding carboxylic acids is 1. The van der Waals surface area contributed by atoms with E-state index in [1.165, 1.54) is 16.7 Å². The number of nitrogens with zero attached hydrogens (tertiary/aromatic N) is 2. The molecule has 0 aromatic heterocycles. The van der Waals surface area contributed by atoms with Crippen LogP contribution < -0.4 is 28.4 Å². The number of hydrogen-bond donors (Lipinski definition) is 0. The maximum Gasteiger partial charge on any atom is 0.311 e. The maximum absolute atomic E-state index is 13.3. The van der Waals surface area contributed by atoms with E-state index >= 15 is 0 Å². The molecule has 0 aliphatic carbocycles. The summed E-state index contributed by atoms with van der Waals surface area (Å²) in [5, 5.41) is 0. The number of hydrogen-bond acceptors (Lipinski definition) is 9. The Bertz CT molecular complexity index is 1910. The van der Waals surface area contributed by atoms with Gasteiger partial charge in [-0.25, -0.2) is 0 Å². The molecule has 4 aromatic carbocycles. The van der Waals surface area contributed by atoms with Crippen molar-refractivity contribution in [2.45, 2.75) is 50.6 Å². The van der Waals surface area contributed by atoms with Crippen molar-refractivity contribution in [3.63, 3.8) is 0 Å². The maximum atomic E-state index is 13.3. The zero-order valence-electron chi connectivity index (χ0n) is 29.9. The number of benzene rings is 4. The minimum atomic E-state index is -0.407. The van der Waals surface area contributed by atoms with E-state index < -0.39 is 5.97 Å². The second-order valence-corrected chi connectivity index (χ2v) is 13.9. The van der Waals surface area contributed by atoms with Gasteiger partial charge in [-0.05, 0) is 116 Å². The monoisotopic (exact) mass is 712 g/mol. The van der Waals surface area contributed by atoms with E-state index in [0.29, 0.717) is 53.2 Å². The van der Waals surface area contributed by atoms with Gasteiger partial charge in [0.2, 0.25) is 5.75 Å². The molecule has 0 fully saturated rings. The molecule has 10 heteroatoms. The SMILES string of the molecule is COc1ccc2cc1Oc1ccc(cc1)C[C@H]1c3cc(c(OC)cc3CCN1C)Oc1c(OC(=O)CCCCl)c(OC)cc3c1[C@H](C2)N(C)CC3. The highest BCUT2D eigenvalue weighted by atomic mass is 35.5. The predicted octanol–water partition coefficient (Wildman–Crippen LogP) is 8.08. The fraction of sp³-hybridized carbons (Fsp3) is 0.390. The van der Waals surface area contributed by atoms with Crippen LogP contribution in [0.25, 0.3) is 0 Å². The van der Waals surface area contributed by atoms with Crippen LogP contribution in [-0.2, 0) is 30.5 Å². The summed E-state index contributed by atoms with van der Waals surface area (Å²) in [6, 6.07) is 20.5. The third-order valence-electron chi connectivity index (χ3n) is 10.4. The van der Waals surface area contributed by atoms with Crippen molar-refractivity contribution in [3.05, 3.63) is 94.0 Å². The van der Waals surface area contributed by atoms with Crippen molar-refractivity contribution in [2.75, 3.05) is 54.4 Å². The molecule has 0 saturated heterocycles.